The standard InChI is InChI=1S/C15H13BrClNO4S/c1-18(8-11-4-6-13(17)23-11)14(19)9-21-15(20)7-3-10-2-5-12(16)22-10/h2-7H,8-9H2,1H3. The number of thiophene rings is 1. The molecule has 0 saturated carbocycles. The van der Waals surface area contributed by atoms with Gasteiger partial charge in [-0.1, -0.05) is 11.6 Å². The van der Waals surface area contributed by atoms with Crippen molar-refractivity contribution < 1.29 is 18.7 Å². The van der Waals surface area contributed by atoms with E-state index in [0.29, 0.717) is 21.3 Å². The predicted octanol–water partition coefficient (Wildman–Crippen LogP) is 3.97. The first-order chi connectivity index (χ1) is 10.9. The maximum atomic E-state index is 11.9. The highest BCUT2D eigenvalue weighted by atomic mass is 79.9. The molecule has 8 heteroatoms. The molecule has 0 bridgehead atoms. The molecule has 2 aromatic heterocycles. The number of likely N-dealkylation sites (N-methyl/N-ethyl adjacent to an activating group) is 1. The average molecular weight is 419 g/mol. The second-order valence-electron chi connectivity index (χ2n) is 4.54. The predicted molar refractivity (Wildman–Crippen MR) is 92.2 cm³/mol. The Kier molecular flexibility index (Phi) is 6.44. The van der Waals surface area contributed by atoms with Crippen LogP contribution in [0.3, 0.4) is 0 Å². The summed E-state index contributed by atoms with van der Waals surface area (Å²) in [4.78, 5) is 25.9. The highest BCUT2D eigenvalue weighted by Gasteiger charge is 2.12. The molecule has 2 aromatic rings. The molecule has 0 saturated heterocycles. The Bertz CT molecular complexity index is 725. The van der Waals surface area contributed by atoms with Crippen LogP contribution in [0.1, 0.15) is 10.6 Å². The molecule has 0 fully saturated rings. The molecule has 23 heavy (non-hydrogen) atoms. The Morgan fingerprint density at radius 3 is 2.78 bits per heavy atom. The summed E-state index contributed by atoms with van der Waals surface area (Å²) in [6.07, 6.45) is 2.67. The summed E-state index contributed by atoms with van der Waals surface area (Å²) >= 11 is 10.4. The number of carbonyl (C=O) groups excluding carboxylic acids is 2. The molecule has 5 nitrogen and oxygen atoms in total. The van der Waals surface area contributed by atoms with Crippen LogP contribution < -0.4 is 0 Å². The lowest BCUT2D eigenvalue weighted by Gasteiger charge is -2.15. The highest BCUT2D eigenvalue weighted by molar-refractivity contribution is 9.10. The molecule has 0 aromatic carbocycles. The number of hydrogen-bond acceptors (Lipinski definition) is 5. The van der Waals surface area contributed by atoms with Gasteiger partial charge in [-0.3, -0.25) is 4.79 Å². The fourth-order valence-corrected chi connectivity index (χ4v) is 3.08. The molecule has 0 N–H and O–H groups in total. The molecule has 2 heterocycles. The van der Waals surface area contributed by atoms with Gasteiger partial charge in [-0.2, -0.15) is 0 Å². The van der Waals surface area contributed by atoms with E-state index in [1.54, 1.807) is 25.2 Å². The molecule has 0 aliphatic carbocycles. The lowest BCUT2D eigenvalue weighted by Crippen LogP contribution is -2.30. The molecule has 0 spiro atoms. The topological polar surface area (TPSA) is 59.8 Å². The van der Waals surface area contributed by atoms with E-state index >= 15 is 0 Å². The lowest BCUT2D eigenvalue weighted by molar-refractivity contribution is -0.147. The molecule has 122 valence electrons. The Labute approximate surface area is 150 Å². The summed E-state index contributed by atoms with van der Waals surface area (Å²) in [7, 11) is 1.64. The number of ether oxygens (including phenoxy) is 1. The molecule has 1 amide bonds. The quantitative estimate of drug-likeness (QED) is 0.526. The van der Waals surface area contributed by atoms with Crippen LogP contribution in [0.2, 0.25) is 4.34 Å². The minimum Gasteiger partial charge on any atom is -0.452 e. The smallest absolute Gasteiger partial charge is 0.331 e. The molecule has 0 radical (unpaired) electrons. The van der Waals surface area contributed by atoms with E-state index < -0.39 is 5.97 Å². The summed E-state index contributed by atoms with van der Waals surface area (Å²) in [5.41, 5.74) is 0. The third kappa shape index (κ3) is 5.85. The van der Waals surface area contributed by atoms with Gasteiger partial charge in [0, 0.05) is 18.0 Å². The van der Waals surface area contributed by atoms with E-state index in [-0.39, 0.29) is 12.5 Å². The lowest BCUT2D eigenvalue weighted by atomic mass is 10.4. The second-order valence-corrected chi connectivity index (χ2v) is 7.12. The van der Waals surface area contributed by atoms with Crippen molar-refractivity contribution in [3.05, 3.63) is 50.0 Å². The largest absolute Gasteiger partial charge is 0.452 e. The number of carbonyl (C=O) groups is 2. The van der Waals surface area contributed by atoms with E-state index in [0.717, 1.165) is 4.88 Å². The Morgan fingerprint density at radius 2 is 2.17 bits per heavy atom. The van der Waals surface area contributed by atoms with Gasteiger partial charge in [-0.15, -0.1) is 11.3 Å². The highest BCUT2D eigenvalue weighted by Crippen LogP contribution is 2.22. The second kappa shape index (κ2) is 8.33. The van der Waals surface area contributed by atoms with Gasteiger partial charge in [0.05, 0.1) is 10.9 Å². The van der Waals surface area contributed by atoms with Gasteiger partial charge in [-0.25, -0.2) is 4.79 Å². The van der Waals surface area contributed by atoms with Crippen LogP contribution in [0.15, 0.2) is 39.4 Å². The Balaban J connectivity index is 1.76. The van der Waals surface area contributed by atoms with Crippen molar-refractivity contribution in [2.45, 2.75) is 6.54 Å². The summed E-state index contributed by atoms with van der Waals surface area (Å²) in [6, 6.07) is 7.03. The molecular formula is C15H13BrClNO4S. The third-order valence-electron chi connectivity index (χ3n) is 2.76. The van der Waals surface area contributed by atoms with E-state index in [4.69, 9.17) is 20.8 Å². The van der Waals surface area contributed by atoms with Crippen molar-refractivity contribution >= 4 is 56.8 Å². The van der Waals surface area contributed by atoms with Gasteiger partial charge in [0.25, 0.3) is 5.91 Å². The maximum Gasteiger partial charge on any atom is 0.331 e. The van der Waals surface area contributed by atoms with Crippen LogP contribution in [0.5, 0.6) is 0 Å². The van der Waals surface area contributed by atoms with Gasteiger partial charge in [0.2, 0.25) is 0 Å². The van der Waals surface area contributed by atoms with Gasteiger partial charge in [0.15, 0.2) is 11.3 Å². The van der Waals surface area contributed by atoms with Gasteiger partial charge < -0.3 is 14.1 Å². The first-order valence-electron chi connectivity index (χ1n) is 6.52. The molecule has 0 aliphatic heterocycles. The summed E-state index contributed by atoms with van der Waals surface area (Å²) in [5, 5.41) is 0. The van der Waals surface area contributed by atoms with Crippen molar-refractivity contribution in [2.24, 2.45) is 0 Å². The minimum absolute atomic E-state index is 0.294. The van der Waals surface area contributed by atoms with Crippen LogP contribution in [-0.4, -0.2) is 30.4 Å². The summed E-state index contributed by atoms with van der Waals surface area (Å²) in [5.74, 6) is -0.401. The molecule has 0 atom stereocenters. The summed E-state index contributed by atoms with van der Waals surface area (Å²) < 4.78 is 11.3. The summed E-state index contributed by atoms with van der Waals surface area (Å²) in [6.45, 7) is 0.102. The minimum atomic E-state index is -0.613. The number of nitrogens with zero attached hydrogens (tertiary/aromatic N) is 1. The number of amides is 1. The molecule has 2 rings (SSSR count). The van der Waals surface area contributed by atoms with Crippen LogP contribution in [0.4, 0.5) is 0 Å². The van der Waals surface area contributed by atoms with Crippen molar-refractivity contribution in [1.82, 2.24) is 4.90 Å². The third-order valence-corrected chi connectivity index (χ3v) is 4.41. The monoisotopic (exact) mass is 417 g/mol. The molecule has 0 aliphatic rings. The van der Waals surface area contributed by atoms with E-state index in [9.17, 15) is 9.59 Å². The van der Waals surface area contributed by atoms with Crippen molar-refractivity contribution in [3.8, 4) is 0 Å². The van der Waals surface area contributed by atoms with Gasteiger partial charge >= 0.3 is 5.97 Å². The number of esters is 1. The zero-order chi connectivity index (χ0) is 16.8. The average Bonchev–Trinajstić information content (AvgIpc) is 3.11. The fourth-order valence-electron chi connectivity index (χ4n) is 1.62. The zero-order valence-corrected chi connectivity index (χ0v) is 15.3. The van der Waals surface area contributed by atoms with E-state index in [1.807, 2.05) is 6.07 Å². The SMILES string of the molecule is CN(Cc1ccc(Cl)s1)C(=O)COC(=O)C=Cc1ccc(Br)o1. The van der Waals surface area contributed by atoms with Gasteiger partial charge in [-0.05, 0) is 46.3 Å². The van der Waals surface area contributed by atoms with Crippen LogP contribution in [0, 0.1) is 0 Å². The molecular weight excluding hydrogens is 406 g/mol. The van der Waals surface area contributed by atoms with Crippen LogP contribution in [-0.2, 0) is 20.9 Å². The van der Waals surface area contributed by atoms with E-state index in [2.05, 4.69) is 15.9 Å². The Morgan fingerprint density at radius 1 is 1.39 bits per heavy atom. The Hall–Kier alpha value is -1.57. The first-order valence-corrected chi connectivity index (χ1v) is 8.51. The van der Waals surface area contributed by atoms with E-state index in [1.165, 1.54) is 28.4 Å². The normalized spacial score (nSPS) is 10.9. The van der Waals surface area contributed by atoms with Gasteiger partial charge in [0.1, 0.15) is 5.76 Å². The maximum absolute atomic E-state index is 11.9. The number of hydrogen-bond donors (Lipinski definition) is 0. The van der Waals surface area contributed by atoms with Crippen molar-refractivity contribution in [1.29, 1.82) is 0 Å². The molecule has 0 unspecified atom stereocenters. The number of halogens is 2. The number of rotatable bonds is 6. The number of furan rings is 1. The fraction of sp³-hybridized carbons (Fsp3) is 0.200. The first kappa shape index (κ1) is 17.8. The van der Waals surface area contributed by atoms with Crippen LogP contribution >= 0.6 is 38.9 Å². The van der Waals surface area contributed by atoms with Crippen molar-refractivity contribution in [2.75, 3.05) is 13.7 Å². The van der Waals surface area contributed by atoms with Crippen molar-refractivity contribution in [3.63, 3.8) is 0 Å². The zero-order valence-electron chi connectivity index (χ0n) is 12.1. The van der Waals surface area contributed by atoms with Crippen LogP contribution in [0.25, 0.3) is 6.08 Å².